The number of benzene rings is 1. The van der Waals surface area contributed by atoms with Crippen molar-refractivity contribution in [3.8, 4) is 11.3 Å². The molecule has 1 aromatic carbocycles. The van der Waals surface area contributed by atoms with Gasteiger partial charge in [0.15, 0.2) is 9.84 Å². The Bertz CT molecular complexity index is 972. The third kappa shape index (κ3) is 4.01. The van der Waals surface area contributed by atoms with Crippen molar-refractivity contribution < 1.29 is 13.2 Å². The van der Waals surface area contributed by atoms with Crippen LogP contribution >= 0.6 is 0 Å². The van der Waals surface area contributed by atoms with E-state index in [0.717, 1.165) is 5.56 Å². The fraction of sp³-hybridized carbons (Fsp3) is 0.368. The molecule has 2 heterocycles. The highest BCUT2D eigenvalue weighted by Crippen LogP contribution is 2.29. The molecule has 0 radical (unpaired) electrons. The van der Waals surface area contributed by atoms with Crippen molar-refractivity contribution >= 4 is 21.6 Å². The zero-order chi connectivity index (χ0) is 20.3. The lowest BCUT2D eigenvalue weighted by atomic mass is 10.1. The van der Waals surface area contributed by atoms with Crippen molar-refractivity contribution in [2.45, 2.75) is 17.2 Å². The van der Waals surface area contributed by atoms with Gasteiger partial charge in [-0.05, 0) is 24.6 Å². The highest BCUT2D eigenvalue weighted by atomic mass is 32.2. The Labute approximate surface area is 165 Å². The molecule has 1 saturated heterocycles. The summed E-state index contributed by atoms with van der Waals surface area (Å²) in [6.45, 7) is 7.75. The lowest BCUT2D eigenvalue weighted by molar-refractivity contribution is 0.0374. The number of anilines is 2. The van der Waals surface area contributed by atoms with Gasteiger partial charge in [0.1, 0.15) is 11.2 Å². The van der Waals surface area contributed by atoms with Crippen molar-refractivity contribution in [2.24, 2.45) is 0 Å². The monoisotopic (exact) mass is 403 g/mol. The smallest absolute Gasteiger partial charge is 0.222 e. The first kappa shape index (κ1) is 20.2. The van der Waals surface area contributed by atoms with Crippen LogP contribution in [0.4, 0.5) is 11.8 Å². The van der Waals surface area contributed by atoms with Gasteiger partial charge in [-0.3, -0.25) is 4.90 Å². The number of nitrogen functional groups attached to an aromatic ring is 1. The van der Waals surface area contributed by atoms with Crippen molar-refractivity contribution in [1.29, 1.82) is 0 Å². The second kappa shape index (κ2) is 8.26. The first-order valence-corrected chi connectivity index (χ1v) is 10.5. The van der Waals surface area contributed by atoms with Gasteiger partial charge >= 0.3 is 0 Å². The predicted octanol–water partition coefficient (Wildman–Crippen LogP) is 1.69. The fourth-order valence-corrected chi connectivity index (χ4v) is 4.90. The van der Waals surface area contributed by atoms with Crippen LogP contribution in [0.25, 0.3) is 11.3 Å². The first-order chi connectivity index (χ1) is 13.4. The summed E-state index contributed by atoms with van der Waals surface area (Å²) in [4.78, 5) is 10.4. The molecule has 0 saturated carbocycles. The van der Waals surface area contributed by atoms with Crippen molar-refractivity contribution in [3.05, 3.63) is 42.5 Å². The summed E-state index contributed by atoms with van der Waals surface area (Å²) in [7, 11) is -1.93. The number of nitrogens with two attached hydrogens (primary N) is 1. The molecule has 0 amide bonds. The summed E-state index contributed by atoms with van der Waals surface area (Å²) in [6.07, 6.45) is 1.47. The molecule has 1 unspecified atom stereocenters. The maximum Gasteiger partial charge on any atom is 0.222 e. The van der Waals surface area contributed by atoms with Gasteiger partial charge in [-0.2, -0.15) is 4.98 Å². The van der Waals surface area contributed by atoms with Crippen molar-refractivity contribution in [3.63, 3.8) is 0 Å². The van der Waals surface area contributed by atoms with E-state index in [4.69, 9.17) is 10.5 Å². The molecule has 0 bridgehead atoms. The Morgan fingerprint density at radius 2 is 2.00 bits per heavy atom. The van der Waals surface area contributed by atoms with Gasteiger partial charge in [0, 0.05) is 31.8 Å². The highest BCUT2D eigenvalue weighted by Gasteiger charge is 2.32. The van der Waals surface area contributed by atoms with Gasteiger partial charge in [-0.25, -0.2) is 13.4 Å². The van der Waals surface area contributed by atoms with Crippen LogP contribution in [0.5, 0.6) is 0 Å². The summed E-state index contributed by atoms with van der Waals surface area (Å²) in [5.41, 5.74) is 7.94. The van der Waals surface area contributed by atoms with E-state index in [1.807, 2.05) is 11.8 Å². The number of nitrogens with one attached hydrogen (secondary N) is 1. The Morgan fingerprint density at radius 1 is 1.29 bits per heavy atom. The maximum absolute atomic E-state index is 13.3. The Balaban J connectivity index is 2.04. The van der Waals surface area contributed by atoms with E-state index in [1.54, 1.807) is 31.3 Å². The molecule has 0 spiro atoms. The van der Waals surface area contributed by atoms with Crippen molar-refractivity contribution in [1.82, 2.24) is 14.9 Å². The lowest BCUT2D eigenvalue weighted by Gasteiger charge is -2.32. The molecule has 1 atom stereocenters. The topological polar surface area (TPSA) is 110 Å². The molecule has 1 aliphatic heterocycles. The average Bonchev–Trinajstić information content (AvgIpc) is 2.68. The largest absolute Gasteiger partial charge is 0.379 e. The minimum Gasteiger partial charge on any atom is -0.379 e. The maximum atomic E-state index is 13.3. The first-order valence-electron chi connectivity index (χ1n) is 8.98. The molecule has 0 aliphatic carbocycles. The van der Waals surface area contributed by atoms with Crippen LogP contribution in [0.1, 0.15) is 5.56 Å². The van der Waals surface area contributed by atoms with Gasteiger partial charge in [0.2, 0.25) is 5.95 Å². The van der Waals surface area contributed by atoms with Gasteiger partial charge < -0.3 is 15.8 Å². The zero-order valence-electron chi connectivity index (χ0n) is 16.1. The van der Waals surface area contributed by atoms with Gasteiger partial charge in [-0.15, -0.1) is 6.58 Å². The number of sulfone groups is 1. The number of aromatic nitrogens is 2. The Hall–Kier alpha value is -2.49. The quantitative estimate of drug-likeness (QED) is 0.701. The van der Waals surface area contributed by atoms with Crippen LogP contribution in [0, 0.1) is 6.92 Å². The molecule has 28 heavy (non-hydrogen) atoms. The van der Waals surface area contributed by atoms with Crippen molar-refractivity contribution in [2.75, 3.05) is 44.4 Å². The van der Waals surface area contributed by atoms with E-state index < -0.39 is 15.2 Å². The van der Waals surface area contributed by atoms with Crippen LogP contribution in [0.3, 0.4) is 0 Å². The zero-order valence-corrected chi connectivity index (χ0v) is 16.9. The molecule has 3 N–H and O–H groups in total. The lowest BCUT2D eigenvalue weighted by Crippen LogP contribution is -2.46. The third-order valence-electron chi connectivity index (χ3n) is 4.74. The summed E-state index contributed by atoms with van der Waals surface area (Å²) < 4.78 is 32.0. The van der Waals surface area contributed by atoms with Crippen LogP contribution in [0.2, 0.25) is 0 Å². The molecular formula is C19H25N5O3S. The number of ether oxygens (including phenoxy) is 1. The van der Waals surface area contributed by atoms with E-state index in [-0.39, 0.29) is 10.8 Å². The number of hydrogen-bond donors (Lipinski definition) is 2. The van der Waals surface area contributed by atoms with E-state index in [2.05, 4.69) is 21.9 Å². The predicted molar refractivity (Wildman–Crippen MR) is 110 cm³/mol. The molecule has 1 aromatic heterocycles. The van der Waals surface area contributed by atoms with E-state index in [1.165, 1.54) is 6.08 Å². The number of nitrogens with zero attached hydrogens (tertiary/aromatic N) is 3. The summed E-state index contributed by atoms with van der Waals surface area (Å²) in [6, 6.07) is 6.78. The van der Waals surface area contributed by atoms with Gasteiger partial charge in [0.25, 0.3) is 0 Å². The number of rotatable bonds is 6. The van der Waals surface area contributed by atoms with Gasteiger partial charge in [-0.1, -0.05) is 12.1 Å². The molecule has 8 nitrogen and oxygen atoms in total. The normalized spacial score (nSPS) is 16.5. The molecule has 1 fully saturated rings. The summed E-state index contributed by atoms with van der Waals surface area (Å²) in [5.74, 6) is 0.680. The fourth-order valence-electron chi connectivity index (χ4n) is 3.23. The summed E-state index contributed by atoms with van der Waals surface area (Å²) >= 11 is 0. The molecule has 1 aliphatic rings. The Kier molecular flexibility index (Phi) is 5.97. The third-order valence-corrected chi connectivity index (χ3v) is 6.78. The number of morpholine rings is 1. The minimum atomic E-state index is -3.66. The molecule has 150 valence electrons. The molecular weight excluding hydrogens is 378 g/mol. The highest BCUT2D eigenvalue weighted by molar-refractivity contribution is 7.92. The SMILES string of the molecule is C=CC(N1CCOCC1)S(=O)(=O)c1ccc(C)c(-c2cc(NC)nc(N)n2)c1. The van der Waals surface area contributed by atoms with Crippen LogP contribution in [0.15, 0.2) is 41.8 Å². The molecule has 3 rings (SSSR count). The standard InChI is InChI=1S/C19H25N5O3S/c1-4-18(24-7-9-27-10-8-24)28(25,26)14-6-5-13(2)15(11-14)16-12-17(21-3)23-19(20)22-16/h4-6,11-12,18H,1,7-10H2,2-3H3,(H3,20,21,22,23). The van der Waals surface area contributed by atoms with Crippen LogP contribution < -0.4 is 11.1 Å². The second-order valence-electron chi connectivity index (χ2n) is 6.54. The average molecular weight is 404 g/mol. The number of hydrogen-bond acceptors (Lipinski definition) is 8. The van der Waals surface area contributed by atoms with Crippen LogP contribution in [-0.4, -0.2) is 62.0 Å². The minimum absolute atomic E-state index is 0.117. The van der Waals surface area contributed by atoms with Crippen LogP contribution in [-0.2, 0) is 14.6 Å². The molecule has 2 aromatic rings. The van der Waals surface area contributed by atoms with E-state index >= 15 is 0 Å². The number of aryl methyl sites for hydroxylation is 1. The van der Waals surface area contributed by atoms with E-state index in [0.29, 0.717) is 43.4 Å². The molecule has 9 heteroatoms. The second-order valence-corrected chi connectivity index (χ2v) is 8.59. The Morgan fingerprint density at radius 3 is 2.64 bits per heavy atom. The van der Waals surface area contributed by atoms with Gasteiger partial charge in [0.05, 0.1) is 23.8 Å². The summed E-state index contributed by atoms with van der Waals surface area (Å²) in [5, 5.41) is 2.12. The van der Waals surface area contributed by atoms with E-state index in [9.17, 15) is 8.42 Å².